The molecule has 0 unspecified atom stereocenters. The molecule has 0 N–H and O–H groups in total. The summed E-state index contributed by atoms with van der Waals surface area (Å²) in [6.45, 7) is 0. The van der Waals surface area contributed by atoms with Gasteiger partial charge in [-0.05, 0) is 29.0 Å². The number of furan rings is 1. The minimum absolute atomic E-state index is 0.741. The van der Waals surface area contributed by atoms with E-state index < -0.39 is 0 Å². The molecule has 4 rings (SSSR count). The van der Waals surface area contributed by atoms with Gasteiger partial charge in [0.25, 0.3) is 0 Å². The zero-order valence-corrected chi connectivity index (χ0v) is 11.2. The average Bonchev–Trinajstić information content (AvgIpc) is 2.78. The topological polar surface area (TPSA) is 13.1 Å². The average molecular weight is 265 g/mol. The van der Waals surface area contributed by atoms with Crippen LogP contribution in [0.25, 0.3) is 32.7 Å². The van der Waals surface area contributed by atoms with Gasteiger partial charge in [-0.1, -0.05) is 47.4 Å². The lowest BCUT2D eigenvalue weighted by atomic mass is 9.88. The lowest BCUT2D eigenvalue weighted by molar-refractivity contribution is 0.669. The predicted molar refractivity (Wildman–Crippen MR) is 84.4 cm³/mol. The Hall–Kier alpha value is -1.93. The van der Waals surface area contributed by atoms with E-state index in [1.54, 1.807) is 0 Å². The van der Waals surface area contributed by atoms with Crippen molar-refractivity contribution in [1.29, 1.82) is 0 Å². The van der Waals surface area contributed by atoms with Gasteiger partial charge in [0, 0.05) is 10.8 Å². The summed E-state index contributed by atoms with van der Waals surface area (Å²) in [5.41, 5.74) is 2.97. The van der Waals surface area contributed by atoms with Crippen LogP contribution in [0.5, 0.6) is 0 Å². The molecule has 0 aliphatic carbocycles. The van der Waals surface area contributed by atoms with Crippen molar-refractivity contribution in [3.05, 3.63) is 53.6 Å². The van der Waals surface area contributed by atoms with Crippen LogP contribution < -0.4 is 5.46 Å². The first-order chi connectivity index (χ1) is 9.25. The highest BCUT2D eigenvalue weighted by atomic mass is 35.5. The van der Waals surface area contributed by atoms with Crippen LogP contribution in [0, 0.1) is 0 Å². The van der Waals surface area contributed by atoms with Gasteiger partial charge in [0.15, 0.2) is 0 Å². The van der Waals surface area contributed by atoms with E-state index in [4.69, 9.17) is 16.0 Å². The summed E-state index contributed by atoms with van der Waals surface area (Å²) >= 11 is 6.36. The van der Waals surface area contributed by atoms with Crippen LogP contribution in [-0.2, 0) is 0 Å². The summed E-state index contributed by atoms with van der Waals surface area (Å²) in [6.07, 6.45) is 0. The molecule has 0 saturated heterocycles. The molecule has 3 aromatic carbocycles. The molecule has 0 bridgehead atoms. The molecule has 3 heteroatoms. The Morgan fingerprint density at radius 2 is 1.63 bits per heavy atom. The van der Waals surface area contributed by atoms with E-state index in [0.717, 1.165) is 27.0 Å². The first-order valence-electron chi connectivity index (χ1n) is 6.25. The van der Waals surface area contributed by atoms with E-state index in [1.165, 1.54) is 16.2 Å². The monoisotopic (exact) mass is 264 g/mol. The standard InChI is InChI=1S/C16H10BClO/c17-11-8-14-15(10-5-2-1-4-9(10)11)16-12(18)6-3-7-13(16)19-14/h1-8H,17H2. The second-order valence-corrected chi connectivity index (χ2v) is 5.23. The Kier molecular flexibility index (Phi) is 2.18. The maximum absolute atomic E-state index is 6.36. The van der Waals surface area contributed by atoms with Crippen LogP contribution in [0.15, 0.2) is 52.9 Å². The number of fused-ring (bicyclic) bond motifs is 5. The van der Waals surface area contributed by atoms with Gasteiger partial charge in [0.05, 0.1) is 5.02 Å². The molecule has 0 saturated carbocycles. The van der Waals surface area contributed by atoms with Gasteiger partial charge in [0.2, 0.25) is 0 Å². The molecule has 4 aromatic rings. The summed E-state index contributed by atoms with van der Waals surface area (Å²) in [7, 11) is 2.11. The normalized spacial score (nSPS) is 11.6. The molecule has 0 radical (unpaired) electrons. The molecular weight excluding hydrogens is 254 g/mol. The molecule has 19 heavy (non-hydrogen) atoms. The third-order valence-corrected chi connectivity index (χ3v) is 3.98. The SMILES string of the molecule is Bc1cc2oc3cccc(Cl)c3c2c2ccccc12. The van der Waals surface area contributed by atoms with Crippen molar-refractivity contribution in [3.8, 4) is 0 Å². The number of rotatable bonds is 0. The van der Waals surface area contributed by atoms with E-state index in [9.17, 15) is 0 Å². The summed E-state index contributed by atoms with van der Waals surface area (Å²) in [6, 6.07) is 16.3. The highest BCUT2D eigenvalue weighted by Crippen LogP contribution is 2.37. The van der Waals surface area contributed by atoms with Crippen molar-refractivity contribution in [3.63, 3.8) is 0 Å². The third kappa shape index (κ3) is 1.44. The number of hydrogen-bond acceptors (Lipinski definition) is 1. The fourth-order valence-corrected chi connectivity index (χ4v) is 3.07. The highest BCUT2D eigenvalue weighted by Gasteiger charge is 2.13. The van der Waals surface area contributed by atoms with Gasteiger partial charge >= 0.3 is 0 Å². The highest BCUT2D eigenvalue weighted by molar-refractivity contribution is 6.44. The molecule has 0 spiro atoms. The first kappa shape index (κ1) is 10.9. The van der Waals surface area contributed by atoms with Gasteiger partial charge < -0.3 is 4.42 Å². The number of hydrogen-bond donors (Lipinski definition) is 0. The van der Waals surface area contributed by atoms with Crippen molar-refractivity contribution in [1.82, 2.24) is 0 Å². The fourth-order valence-electron chi connectivity index (χ4n) is 2.81. The van der Waals surface area contributed by atoms with Crippen molar-refractivity contribution < 1.29 is 4.42 Å². The van der Waals surface area contributed by atoms with E-state index in [2.05, 4.69) is 38.2 Å². The molecule has 0 aliphatic rings. The van der Waals surface area contributed by atoms with Crippen LogP contribution in [0.3, 0.4) is 0 Å². The van der Waals surface area contributed by atoms with Crippen molar-refractivity contribution in [2.24, 2.45) is 0 Å². The second kappa shape index (κ2) is 3.78. The Bertz CT molecular complexity index is 940. The molecule has 1 aromatic heterocycles. The summed E-state index contributed by atoms with van der Waals surface area (Å²) in [5, 5.41) is 5.31. The molecule has 1 heterocycles. The predicted octanol–water partition coefficient (Wildman–Crippen LogP) is 3.65. The maximum Gasteiger partial charge on any atom is 0.140 e. The van der Waals surface area contributed by atoms with E-state index >= 15 is 0 Å². The number of halogens is 1. The Morgan fingerprint density at radius 3 is 2.47 bits per heavy atom. The lowest BCUT2D eigenvalue weighted by Gasteiger charge is -2.03. The maximum atomic E-state index is 6.36. The largest absolute Gasteiger partial charge is 0.456 e. The summed E-state index contributed by atoms with van der Waals surface area (Å²) in [5.74, 6) is 0. The zero-order chi connectivity index (χ0) is 13.0. The van der Waals surface area contributed by atoms with E-state index in [0.29, 0.717) is 0 Å². The van der Waals surface area contributed by atoms with Crippen LogP contribution in [0.2, 0.25) is 5.02 Å². The van der Waals surface area contributed by atoms with Crippen molar-refractivity contribution >= 4 is 57.6 Å². The molecule has 0 aliphatic heterocycles. The van der Waals surface area contributed by atoms with Gasteiger partial charge in [0.1, 0.15) is 19.0 Å². The number of benzene rings is 3. The Morgan fingerprint density at radius 1 is 0.842 bits per heavy atom. The third-order valence-electron chi connectivity index (χ3n) is 3.66. The van der Waals surface area contributed by atoms with Crippen molar-refractivity contribution in [2.45, 2.75) is 0 Å². The Labute approximate surface area is 116 Å². The second-order valence-electron chi connectivity index (χ2n) is 4.83. The van der Waals surface area contributed by atoms with Crippen LogP contribution in [-0.4, -0.2) is 7.85 Å². The fraction of sp³-hybridized carbons (Fsp3) is 0. The van der Waals surface area contributed by atoms with Crippen molar-refractivity contribution in [2.75, 3.05) is 0 Å². The zero-order valence-electron chi connectivity index (χ0n) is 10.4. The van der Waals surface area contributed by atoms with Gasteiger partial charge in [-0.15, -0.1) is 0 Å². The minimum Gasteiger partial charge on any atom is -0.456 e. The van der Waals surface area contributed by atoms with Gasteiger partial charge in [-0.25, -0.2) is 0 Å². The van der Waals surface area contributed by atoms with Crippen LogP contribution in [0.4, 0.5) is 0 Å². The molecule has 0 amide bonds. The van der Waals surface area contributed by atoms with Gasteiger partial charge in [-0.2, -0.15) is 0 Å². The van der Waals surface area contributed by atoms with E-state index in [1.807, 2.05) is 18.2 Å². The van der Waals surface area contributed by atoms with Crippen LogP contribution in [0.1, 0.15) is 0 Å². The van der Waals surface area contributed by atoms with E-state index in [-0.39, 0.29) is 0 Å². The molecule has 1 nitrogen and oxygen atoms in total. The summed E-state index contributed by atoms with van der Waals surface area (Å²) in [4.78, 5) is 0. The smallest absolute Gasteiger partial charge is 0.140 e. The van der Waals surface area contributed by atoms with Gasteiger partial charge in [-0.3, -0.25) is 0 Å². The quantitative estimate of drug-likeness (QED) is 0.442. The molecule has 90 valence electrons. The molecule has 0 fully saturated rings. The van der Waals surface area contributed by atoms with Crippen LogP contribution >= 0.6 is 11.6 Å². The Balaban J connectivity index is 2.40. The molecule has 0 atom stereocenters. The molecular formula is C16H10BClO. The lowest BCUT2D eigenvalue weighted by Crippen LogP contribution is -2.02. The summed E-state index contributed by atoms with van der Waals surface area (Å²) < 4.78 is 5.94. The first-order valence-corrected chi connectivity index (χ1v) is 6.62. The minimum atomic E-state index is 0.741.